The molecule has 6 heteroatoms. The molecule has 1 fully saturated rings. The van der Waals surface area contributed by atoms with E-state index in [4.69, 9.17) is 0 Å². The summed E-state index contributed by atoms with van der Waals surface area (Å²) in [6.07, 6.45) is 4.39. The van der Waals surface area contributed by atoms with E-state index in [1.165, 1.54) is 23.4 Å². The number of benzene rings is 2. The van der Waals surface area contributed by atoms with E-state index in [1.54, 1.807) is 0 Å². The summed E-state index contributed by atoms with van der Waals surface area (Å²) in [5.74, 6) is -0.956. The van der Waals surface area contributed by atoms with Crippen molar-refractivity contribution < 1.29 is 9.90 Å². The van der Waals surface area contributed by atoms with Crippen LogP contribution in [-0.2, 0) is 6.42 Å². The summed E-state index contributed by atoms with van der Waals surface area (Å²) in [6.45, 7) is 2.19. The maximum atomic E-state index is 12.0. The molecule has 1 unspecified atom stereocenters. The molecule has 6 nitrogen and oxygen atoms in total. The number of hydrogen-bond donors (Lipinski definition) is 1. The predicted octanol–water partition coefficient (Wildman–Crippen LogP) is 3.35. The molecule has 0 bridgehead atoms. The fraction of sp³-hybridized carbons (Fsp3) is 0.261. The average molecular weight is 389 g/mol. The fourth-order valence-corrected chi connectivity index (χ4v) is 3.98. The van der Waals surface area contributed by atoms with Gasteiger partial charge < -0.3 is 10.0 Å². The molecule has 0 saturated carbocycles. The Morgan fingerprint density at radius 1 is 1.10 bits per heavy atom. The molecule has 0 spiro atoms. The van der Waals surface area contributed by atoms with Gasteiger partial charge in [0.2, 0.25) is 0 Å². The molecule has 2 aromatic carbocycles. The molecule has 1 aliphatic heterocycles. The van der Waals surface area contributed by atoms with E-state index in [2.05, 4.69) is 34.3 Å². The minimum absolute atomic E-state index is 0.262. The smallest absolute Gasteiger partial charge is 0.252 e. The van der Waals surface area contributed by atoms with Gasteiger partial charge in [0.1, 0.15) is 0 Å². The summed E-state index contributed by atoms with van der Waals surface area (Å²) in [5, 5.41) is 14.3. The number of aromatic hydroxyl groups is 1. The Balaban J connectivity index is 1.74. The average Bonchev–Trinajstić information content (AvgIpc) is 3.18. The molecule has 1 aromatic heterocycles. The van der Waals surface area contributed by atoms with Crippen molar-refractivity contribution in [3.63, 3.8) is 0 Å². The largest absolute Gasteiger partial charge is 0.503 e. The number of ketones is 1. The quantitative estimate of drug-likeness (QED) is 0.678. The van der Waals surface area contributed by atoms with E-state index in [9.17, 15) is 14.7 Å². The second kappa shape index (κ2) is 7.91. The number of carbonyl (C=O) groups excluding carboxylic acids is 1. The number of anilines is 1. The molecule has 0 aliphatic carbocycles. The Morgan fingerprint density at radius 3 is 2.52 bits per heavy atom. The van der Waals surface area contributed by atoms with Crippen LogP contribution in [0.15, 0.2) is 65.6 Å². The van der Waals surface area contributed by atoms with Gasteiger partial charge in [-0.15, -0.1) is 0 Å². The summed E-state index contributed by atoms with van der Waals surface area (Å²) in [7, 11) is 0. The van der Waals surface area contributed by atoms with E-state index in [-0.39, 0.29) is 5.69 Å². The van der Waals surface area contributed by atoms with Crippen LogP contribution in [0.2, 0.25) is 0 Å². The third kappa shape index (κ3) is 3.78. The fourth-order valence-electron chi connectivity index (χ4n) is 3.98. The van der Waals surface area contributed by atoms with Gasteiger partial charge in [0.25, 0.3) is 5.43 Å². The summed E-state index contributed by atoms with van der Waals surface area (Å²) in [4.78, 5) is 26.2. The summed E-state index contributed by atoms with van der Waals surface area (Å²) in [5.41, 5.74) is 1.98. The number of aromatic nitrogens is 2. The van der Waals surface area contributed by atoms with E-state index >= 15 is 0 Å². The molecule has 0 amide bonds. The van der Waals surface area contributed by atoms with E-state index in [1.807, 2.05) is 30.3 Å². The van der Waals surface area contributed by atoms with E-state index in [0.29, 0.717) is 6.04 Å². The molecule has 4 rings (SSSR count). The monoisotopic (exact) mass is 389 g/mol. The molecular weight excluding hydrogens is 366 g/mol. The number of rotatable bonds is 5. The van der Waals surface area contributed by atoms with Crippen molar-refractivity contribution >= 4 is 11.5 Å². The van der Waals surface area contributed by atoms with Crippen LogP contribution < -0.4 is 10.3 Å². The number of nitrogens with zero attached hydrogens (tertiary/aromatic N) is 3. The number of para-hydroxylation sites is 2. The van der Waals surface area contributed by atoms with Crippen molar-refractivity contribution in [2.75, 3.05) is 11.4 Å². The molecule has 1 saturated heterocycles. The van der Waals surface area contributed by atoms with Crippen LogP contribution in [0, 0.1) is 0 Å². The zero-order valence-electron chi connectivity index (χ0n) is 16.3. The summed E-state index contributed by atoms with van der Waals surface area (Å²) < 4.78 is 1.43. The Morgan fingerprint density at radius 2 is 1.79 bits per heavy atom. The van der Waals surface area contributed by atoms with Gasteiger partial charge in [0.15, 0.2) is 17.2 Å². The Labute approximate surface area is 169 Å². The standard InChI is InChI=1S/C23H23N3O3/c1-16(27)22-23(29)21(28)15-26(24-22)20-12-6-5-11-19(20)25-13-7-10-18(25)14-17-8-3-2-4-9-17/h2-6,8-9,11-12,15,18,28H,7,10,13-14H2,1H3. The third-order valence-corrected chi connectivity index (χ3v) is 5.36. The lowest BCUT2D eigenvalue weighted by Gasteiger charge is -2.29. The first-order chi connectivity index (χ1) is 14.0. The summed E-state index contributed by atoms with van der Waals surface area (Å²) >= 11 is 0. The van der Waals surface area contributed by atoms with Gasteiger partial charge in [-0.25, -0.2) is 4.68 Å². The highest BCUT2D eigenvalue weighted by atomic mass is 16.3. The maximum absolute atomic E-state index is 12.0. The van der Waals surface area contributed by atoms with Gasteiger partial charge in [0, 0.05) is 19.5 Å². The summed E-state index contributed by atoms with van der Waals surface area (Å²) in [6, 6.07) is 18.5. The molecule has 1 N–H and O–H groups in total. The van der Waals surface area contributed by atoms with Crippen molar-refractivity contribution in [1.82, 2.24) is 9.78 Å². The SMILES string of the molecule is CC(=O)c1nn(-c2ccccc2N2CCCC2Cc2ccccc2)cc(O)c1=O. The minimum Gasteiger partial charge on any atom is -0.503 e. The van der Waals surface area contributed by atoms with Crippen molar-refractivity contribution in [3.05, 3.63) is 82.3 Å². The van der Waals surface area contributed by atoms with Gasteiger partial charge in [-0.2, -0.15) is 5.10 Å². The lowest BCUT2D eigenvalue weighted by molar-refractivity contribution is 0.100. The van der Waals surface area contributed by atoms with Gasteiger partial charge in [0.05, 0.1) is 17.6 Å². The highest BCUT2D eigenvalue weighted by Gasteiger charge is 2.27. The van der Waals surface area contributed by atoms with Crippen LogP contribution in [0.1, 0.15) is 35.8 Å². The normalized spacial score (nSPS) is 16.2. The second-order valence-corrected chi connectivity index (χ2v) is 7.36. The van der Waals surface area contributed by atoms with Crippen molar-refractivity contribution in [3.8, 4) is 11.4 Å². The van der Waals surface area contributed by atoms with Crippen molar-refractivity contribution in [2.45, 2.75) is 32.2 Å². The molecule has 148 valence electrons. The van der Waals surface area contributed by atoms with Gasteiger partial charge in [-0.05, 0) is 37.0 Å². The minimum atomic E-state index is -0.741. The van der Waals surface area contributed by atoms with Crippen LogP contribution in [0.4, 0.5) is 5.69 Å². The van der Waals surface area contributed by atoms with Crippen LogP contribution in [0.5, 0.6) is 5.75 Å². The first-order valence-corrected chi connectivity index (χ1v) is 9.78. The lowest BCUT2D eigenvalue weighted by atomic mass is 10.0. The van der Waals surface area contributed by atoms with Crippen LogP contribution in [0.3, 0.4) is 0 Å². The number of hydrogen-bond acceptors (Lipinski definition) is 5. The Kier molecular flexibility index (Phi) is 5.16. The first-order valence-electron chi connectivity index (χ1n) is 9.78. The van der Waals surface area contributed by atoms with Crippen molar-refractivity contribution in [2.24, 2.45) is 0 Å². The topological polar surface area (TPSA) is 75.4 Å². The van der Waals surface area contributed by atoms with E-state index < -0.39 is 17.0 Å². The molecule has 1 aliphatic rings. The molecule has 29 heavy (non-hydrogen) atoms. The van der Waals surface area contributed by atoms with Crippen LogP contribution in [0.25, 0.3) is 5.69 Å². The maximum Gasteiger partial charge on any atom is 0.252 e. The number of carbonyl (C=O) groups is 1. The zero-order chi connectivity index (χ0) is 20.4. The van der Waals surface area contributed by atoms with Gasteiger partial charge >= 0.3 is 0 Å². The molecule has 1 atom stereocenters. The van der Waals surface area contributed by atoms with Crippen molar-refractivity contribution in [1.29, 1.82) is 0 Å². The van der Waals surface area contributed by atoms with Gasteiger partial charge in [-0.1, -0.05) is 42.5 Å². The molecular formula is C23H23N3O3. The van der Waals surface area contributed by atoms with Crippen LogP contribution >= 0.6 is 0 Å². The highest BCUT2D eigenvalue weighted by Crippen LogP contribution is 2.32. The Bertz CT molecular complexity index is 1090. The number of Topliss-reactive ketones (excluding diaryl/α,β-unsaturated/α-hetero) is 1. The van der Waals surface area contributed by atoms with Gasteiger partial charge in [-0.3, -0.25) is 9.59 Å². The Hall–Kier alpha value is -3.41. The molecule has 0 radical (unpaired) electrons. The van der Waals surface area contributed by atoms with Crippen LogP contribution in [-0.4, -0.2) is 33.3 Å². The lowest BCUT2D eigenvalue weighted by Crippen LogP contribution is -2.32. The van der Waals surface area contributed by atoms with E-state index in [0.717, 1.165) is 37.2 Å². The molecule has 2 heterocycles. The first kappa shape index (κ1) is 18.9. The zero-order valence-corrected chi connectivity index (χ0v) is 16.3. The predicted molar refractivity (Wildman–Crippen MR) is 112 cm³/mol. The highest BCUT2D eigenvalue weighted by molar-refractivity contribution is 5.92. The second-order valence-electron chi connectivity index (χ2n) is 7.36. The third-order valence-electron chi connectivity index (χ3n) is 5.36. The molecule has 3 aromatic rings.